The summed E-state index contributed by atoms with van der Waals surface area (Å²) in [5.74, 6) is 0.335. The number of hydrogen-bond acceptors (Lipinski definition) is 5. The quantitative estimate of drug-likeness (QED) is 0.445. The van der Waals surface area contributed by atoms with Crippen LogP contribution in [0.15, 0.2) is 66.9 Å². The number of H-pyrrole nitrogens is 1. The van der Waals surface area contributed by atoms with Gasteiger partial charge >= 0.3 is 0 Å². The van der Waals surface area contributed by atoms with Crippen LogP contribution in [0.5, 0.6) is 5.75 Å². The molecule has 174 valence electrons. The molecule has 0 aliphatic carbocycles. The number of morpholine rings is 1. The molecule has 1 aliphatic heterocycles. The summed E-state index contributed by atoms with van der Waals surface area (Å²) in [4.78, 5) is 23.6. The maximum atomic E-state index is 13.0. The highest BCUT2D eigenvalue weighted by molar-refractivity contribution is 6.07. The van der Waals surface area contributed by atoms with Crippen LogP contribution in [0.1, 0.15) is 33.4 Å². The average Bonchev–Trinajstić information content (AvgIpc) is 3.20. The minimum absolute atomic E-state index is 0.0148. The highest BCUT2D eigenvalue weighted by Gasteiger charge is 2.29. The maximum Gasteiger partial charge on any atom is 0.259 e. The number of aromatic nitrogens is 2. The Morgan fingerprint density at radius 3 is 2.68 bits per heavy atom. The number of carbonyl (C=O) groups excluding carboxylic acids is 1. The van der Waals surface area contributed by atoms with E-state index in [0.717, 1.165) is 41.1 Å². The van der Waals surface area contributed by atoms with Crippen molar-refractivity contribution >= 4 is 22.5 Å². The van der Waals surface area contributed by atoms with Crippen LogP contribution in [-0.2, 0) is 4.74 Å². The summed E-state index contributed by atoms with van der Waals surface area (Å²) < 4.78 is 11.0. The van der Waals surface area contributed by atoms with Crippen LogP contribution in [-0.4, -0.2) is 54.2 Å². The molecule has 4 aromatic rings. The minimum Gasteiger partial charge on any atom is -0.496 e. The Hall–Kier alpha value is -3.68. The monoisotopic (exact) mass is 456 g/mol. The lowest BCUT2D eigenvalue weighted by Gasteiger charge is -2.34. The lowest BCUT2D eigenvalue weighted by molar-refractivity contribution is 0.0234. The number of ether oxygens (including phenoxy) is 2. The number of aromatic amines is 1. The number of carbonyl (C=O) groups is 1. The molecule has 7 nitrogen and oxygen atoms in total. The molecule has 2 N–H and O–H groups in total. The topological polar surface area (TPSA) is 79.5 Å². The van der Waals surface area contributed by atoms with Gasteiger partial charge in [0.05, 0.1) is 37.6 Å². The number of benzene rings is 2. The molecule has 2 aromatic heterocycles. The first-order valence-electron chi connectivity index (χ1n) is 11.4. The molecule has 0 unspecified atom stereocenters. The van der Waals surface area contributed by atoms with Crippen molar-refractivity contribution in [2.45, 2.75) is 13.0 Å². The predicted octanol–water partition coefficient (Wildman–Crippen LogP) is 4.55. The molecule has 0 spiro atoms. The summed E-state index contributed by atoms with van der Waals surface area (Å²) in [5.41, 5.74) is 5.50. The molecular formula is C27H28N4O3. The summed E-state index contributed by atoms with van der Waals surface area (Å²) in [6, 6.07) is 19.2. The number of fused-ring (bicyclic) bond motifs is 1. The van der Waals surface area contributed by atoms with Gasteiger partial charge in [0.15, 0.2) is 0 Å². The number of rotatable bonds is 6. The third kappa shape index (κ3) is 4.27. The van der Waals surface area contributed by atoms with Crippen LogP contribution >= 0.6 is 0 Å². The van der Waals surface area contributed by atoms with Crippen LogP contribution in [0.2, 0.25) is 0 Å². The third-order valence-electron chi connectivity index (χ3n) is 6.30. The second-order valence-corrected chi connectivity index (χ2v) is 8.38. The van der Waals surface area contributed by atoms with Crippen molar-refractivity contribution in [3.8, 4) is 5.75 Å². The lowest BCUT2D eigenvalue weighted by Crippen LogP contribution is -2.40. The molecule has 1 saturated heterocycles. The molecule has 1 amide bonds. The maximum absolute atomic E-state index is 13.0. The number of nitrogens with zero attached hydrogens (tertiary/aromatic N) is 2. The van der Waals surface area contributed by atoms with Gasteiger partial charge in [-0.2, -0.15) is 0 Å². The Bertz CT molecular complexity index is 1300. The van der Waals surface area contributed by atoms with E-state index >= 15 is 0 Å². The second kappa shape index (κ2) is 9.67. The van der Waals surface area contributed by atoms with E-state index in [0.29, 0.717) is 24.5 Å². The molecular weight excluding hydrogens is 428 g/mol. The van der Waals surface area contributed by atoms with E-state index in [9.17, 15) is 4.79 Å². The first kappa shape index (κ1) is 22.1. The van der Waals surface area contributed by atoms with Crippen molar-refractivity contribution in [2.75, 3.05) is 38.7 Å². The van der Waals surface area contributed by atoms with Crippen molar-refractivity contribution in [2.24, 2.45) is 0 Å². The van der Waals surface area contributed by atoms with Gasteiger partial charge < -0.3 is 19.8 Å². The number of para-hydroxylation sites is 1. The smallest absolute Gasteiger partial charge is 0.259 e. The van der Waals surface area contributed by atoms with Crippen molar-refractivity contribution in [3.05, 3.63) is 89.4 Å². The first-order chi connectivity index (χ1) is 16.7. The van der Waals surface area contributed by atoms with E-state index in [1.54, 1.807) is 19.2 Å². The van der Waals surface area contributed by atoms with Gasteiger partial charge in [0, 0.05) is 47.1 Å². The van der Waals surface area contributed by atoms with Gasteiger partial charge in [-0.3, -0.25) is 14.7 Å². The standard InChI is InChI=1S/C27H28N4O3/c1-18-25(26(23-8-5-6-12-28-23)31-13-15-34-16-14-31)21-17-19(10-11-22(21)29-18)30-27(32)20-7-3-4-9-24(20)33-2/h3-12,17,26,29H,13-16H2,1-2H3,(H,30,32)/t26-/m1/s1. The van der Waals surface area contributed by atoms with Crippen molar-refractivity contribution < 1.29 is 14.3 Å². The molecule has 2 aromatic carbocycles. The number of aryl methyl sites for hydroxylation is 1. The zero-order chi connectivity index (χ0) is 23.5. The van der Waals surface area contributed by atoms with Crippen LogP contribution in [0.4, 0.5) is 5.69 Å². The van der Waals surface area contributed by atoms with Crippen molar-refractivity contribution in [1.82, 2.24) is 14.9 Å². The van der Waals surface area contributed by atoms with E-state index in [1.165, 1.54) is 5.56 Å². The molecule has 0 radical (unpaired) electrons. The molecule has 0 saturated carbocycles. The van der Waals surface area contributed by atoms with Crippen LogP contribution in [0, 0.1) is 6.92 Å². The van der Waals surface area contributed by atoms with E-state index in [2.05, 4.69) is 28.2 Å². The number of pyridine rings is 1. The molecule has 1 aliphatic rings. The fourth-order valence-corrected chi connectivity index (χ4v) is 4.70. The van der Waals surface area contributed by atoms with E-state index in [1.807, 2.05) is 48.7 Å². The van der Waals surface area contributed by atoms with Crippen LogP contribution in [0.3, 0.4) is 0 Å². The van der Waals surface area contributed by atoms with Crippen LogP contribution in [0.25, 0.3) is 10.9 Å². The van der Waals surface area contributed by atoms with Crippen molar-refractivity contribution in [1.29, 1.82) is 0 Å². The number of amides is 1. The Balaban J connectivity index is 1.55. The summed E-state index contributed by atoms with van der Waals surface area (Å²) in [7, 11) is 1.57. The van der Waals surface area contributed by atoms with Crippen LogP contribution < -0.4 is 10.1 Å². The number of nitrogens with one attached hydrogen (secondary N) is 2. The highest BCUT2D eigenvalue weighted by atomic mass is 16.5. The number of anilines is 1. The third-order valence-corrected chi connectivity index (χ3v) is 6.30. The molecule has 7 heteroatoms. The largest absolute Gasteiger partial charge is 0.496 e. The second-order valence-electron chi connectivity index (χ2n) is 8.38. The van der Waals surface area contributed by atoms with Gasteiger partial charge in [0.2, 0.25) is 0 Å². The van der Waals surface area contributed by atoms with Gasteiger partial charge in [-0.1, -0.05) is 18.2 Å². The molecule has 34 heavy (non-hydrogen) atoms. The first-order valence-corrected chi connectivity index (χ1v) is 11.4. The summed E-state index contributed by atoms with van der Waals surface area (Å²) in [5, 5.41) is 4.10. The normalized spacial score (nSPS) is 15.2. The van der Waals surface area contributed by atoms with E-state index in [-0.39, 0.29) is 11.9 Å². The van der Waals surface area contributed by atoms with Gasteiger partial charge in [-0.15, -0.1) is 0 Å². The Morgan fingerprint density at radius 1 is 1.12 bits per heavy atom. The summed E-state index contributed by atoms with van der Waals surface area (Å²) in [6.07, 6.45) is 1.84. The fourth-order valence-electron chi connectivity index (χ4n) is 4.70. The van der Waals surface area contributed by atoms with E-state index < -0.39 is 0 Å². The minimum atomic E-state index is -0.208. The fraction of sp³-hybridized carbons (Fsp3) is 0.259. The number of hydrogen-bond donors (Lipinski definition) is 2. The molecule has 3 heterocycles. The summed E-state index contributed by atoms with van der Waals surface area (Å²) in [6.45, 7) is 5.16. The van der Waals surface area contributed by atoms with Gasteiger partial charge in [0.25, 0.3) is 5.91 Å². The average molecular weight is 457 g/mol. The molecule has 1 fully saturated rings. The Kier molecular flexibility index (Phi) is 6.29. The van der Waals surface area contributed by atoms with E-state index in [4.69, 9.17) is 14.5 Å². The molecule has 5 rings (SSSR count). The Labute approximate surface area is 198 Å². The van der Waals surface area contributed by atoms with Crippen molar-refractivity contribution in [3.63, 3.8) is 0 Å². The van der Waals surface area contributed by atoms with Gasteiger partial charge in [-0.25, -0.2) is 0 Å². The van der Waals surface area contributed by atoms with Gasteiger partial charge in [0.1, 0.15) is 5.75 Å². The lowest BCUT2D eigenvalue weighted by atomic mass is 9.97. The predicted molar refractivity (Wildman–Crippen MR) is 132 cm³/mol. The molecule has 1 atom stereocenters. The molecule has 0 bridgehead atoms. The highest BCUT2D eigenvalue weighted by Crippen LogP contribution is 2.37. The summed E-state index contributed by atoms with van der Waals surface area (Å²) >= 11 is 0. The number of methoxy groups -OCH3 is 1. The zero-order valence-electron chi connectivity index (χ0n) is 19.4. The zero-order valence-corrected chi connectivity index (χ0v) is 19.4. The SMILES string of the molecule is COc1ccccc1C(=O)Nc1ccc2[nH]c(C)c([C@@H](c3ccccn3)N3CCOCC3)c2c1. The van der Waals surface area contributed by atoms with Gasteiger partial charge in [-0.05, 0) is 49.4 Å². The Morgan fingerprint density at radius 2 is 1.91 bits per heavy atom.